The fraction of sp³-hybridized carbons (Fsp3) is 0.923. The third-order valence-electron chi connectivity index (χ3n) is 3.97. The SMILES string of the molecule is CCCC(CNS(=O)(=O)N(C)C1CCCCC1)C(=O)O. The van der Waals surface area contributed by atoms with E-state index in [0.717, 1.165) is 38.5 Å². The van der Waals surface area contributed by atoms with Crippen molar-refractivity contribution in [3.05, 3.63) is 0 Å². The molecule has 7 heteroatoms. The lowest BCUT2D eigenvalue weighted by Gasteiger charge is -2.30. The fourth-order valence-electron chi connectivity index (χ4n) is 2.61. The number of carbonyl (C=O) groups is 1. The van der Waals surface area contributed by atoms with Crippen molar-refractivity contribution in [3.8, 4) is 0 Å². The molecule has 0 heterocycles. The molecule has 6 nitrogen and oxygen atoms in total. The normalized spacial score (nSPS) is 19.1. The minimum absolute atomic E-state index is 0.0377. The van der Waals surface area contributed by atoms with Gasteiger partial charge in [0.1, 0.15) is 0 Å². The number of carboxylic acid groups (broad SMARTS) is 1. The topological polar surface area (TPSA) is 86.7 Å². The number of hydrogen-bond acceptors (Lipinski definition) is 3. The van der Waals surface area contributed by atoms with Crippen LogP contribution in [0.15, 0.2) is 0 Å². The Morgan fingerprint density at radius 1 is 1.35 bits per heavy atom. The molecule has 0 saturated heterocycles. The molecule has 1 saturated carbocycles. The number of carboxylic acids is 1. The Labute approximate surface area is 121 Å². The molecule has 0 aromatic carbocycles. The van der Waals surface area contributed by atoms with Crippen molar-refractivity contribution in [1.82, 2.24) is 9.03 Å². The lowest BCUT2D eigenvalue weighted by molar-refractivity contribution is -0.141. The standard InChI is InChI=1S/C13H26N2O4S/c1-3-7-11(13(16)17)10-14-20(18,19)15(2)12-8-5-4-6-9-12/h11-12,14H,3-10H2,1-2H3,(H,16,17). The molecule has 0 radical (unpaired) electrons. The molecule has 0 aromatic heterocycles. The molecule has 1 aliphatic rings. The lowest BCUT2D eigenvalue weighted by atomic mass is 9.96. The largest absolute Gasteiger partial charge is 0.481 e. The zero-order valence-corrected chi connectivity index (χ0v) is 13.2. The van der Waals surface area contributed by atoms with E-state index in [1.807, 2.05) is 6.92 Å². The highest BCUT2D eigenvalue weighted by Crippen LogP contribution is 2.23. The number of nitrogens with zero attached hydrogens (tertiary/aromatic N) is 1. The van der Waals surface area contributed by atoms with E-state index in [1.54, 1.807) is 7.05 Å². The Morgan fingerprint density at radius 2 is 1.95 bits per heavy atom. The summed E-state index contributed by atoms with van der Waals surface area (Å²) in [5.74, 6) is -1.61. The van der Waals surface area contributed by atoms with Crippen LogP contribution in [0.3, 0.4) is 0 Å². The molecule has 0 aromatic rings. The summed E-state index contributed by atoms with van der Waals surface area (Å²) in [7, 11) is -2.01. The average Bonchev–Trinajstić information content (AvgIpc) is 2.43. The number of rotatable bonds is 8. The van der Waals surface area contributed by atoms with E-state index in [9.17, 15) is 13.2 Å². The van der Waals surface area contributed by atoms with Gasteiger partial charge in [-0.25, -0.2) is 4.72 Å². The summed E-state index contributed by atoms with van der Waals surface area (Å²) in [4.78, 5) is 11.0. The third-order valence-corrected chi connectivity index (χ3v) is 5.55. The van der Waals surface area contributed by atoms with Crippen LogP contribution >= 0.6 is 0 Å². The van der Waals surface area contributed by atoms with Gasteiger partial charge in [-0.15, -0.1) is 0 Å². The van der Waals surface area contributed by atoms with Gasteiger partial charge in [-0.1, -0.05) is 32.6 Å². The highest BCUT2D eigenvalue weighted by atomic mass is 32.2. The van der Waals surface area contributed by atoms with Crippen LogP contribution < -0.4 is 4.72 Å². The maximum atomic E-state index is 12.2. The van der Waals surface area contributed by atoms with Crippen molar-refractivity contribution in [3.63, 3.8) is 0 Å². The van der Waals surface area contributed by atoms with Gasteiger partial charge >= 0.3 is 5.97 Å². The number of hydrogen-bond donors (Lipinski definition) is 2. The summed E-state index contributed by atoms with van der Waals surface area (Å²) in [6.45, 7) is 1.85. The maximum Gasteiger partial charge on any atom is 0.307 e. The minimum atomic E-state index is -3.59. The van der Waals surface area contributed by atoms with Crippen LogP contribution in [-0.2, 0) is 15.0 Å². The Bertz CT molecular complexity index is 405. The van der Waals surface area contributed by atoms with Gasteiger partial charge in [-0.3, -0.25) is 4.79 Å². The Kier molecular flexibility index (Phi) is 6.91. The Balaban J connectivity index is 2.56. The van der Waals surface area contributed by atoms with Gasteiger partial charge in [-0.2, -0.15) is 12.7 Å². The second-order valence-electron chi connectivity index (χ2n) is 5.49. The molecule has 0 bridgehead atoms. The van der Waals surface area contributed by atoms with Crippen LogP contribution in [0.2, 0.25) is 0 Å². The highest BCUT2D eigenvalue weighted by molar-refractivity contribution is 7.87. The van der Waals surface area contributed by atoms with E-state index in [1.165, 1.54) is 4.31 Å². The summed E-state index contributed by atoms with van der Waals surface area (Å²) in [6.07, 6.45) is 6.23. The van der Waals surface area contributed by atoms with Gasteiger partial charge in [-0.05, 0) is 19.3 Å². The van der Waals surface area contributed by atoms with Crippen molar-refractivity contribution >= 4 is 16.2 Å². The van der Waals surface area contributed by atoms with Crippen LogP contribution in [0.5, 0.6) is 0 Å². The van der Waals surface area contributed by atoms with Crippen molar-refractivity contribution in [1.29, 1.82) is 0 Å². The van der Waals surface area contributed by atoms with Crippen LogP contribution in [0.1, 0.15) is 51.9 Å². The zero-order chi connectivity index (χ0) is 15.2. The molecule has 1 aliphatic carbocycles. The molecule has 1 atom stereocenters. The molecular weight excluding hydrogens is 280 g/mol. The molecule has 1 rings (SSSR count). The maximum absolute atomic E-state index is 12.2. The third kappa shape index (κ3) is 5.03. The average molecular weight is 306 g/mol. The van der Waals surface area contributed by atoms with Crippen LogP contribution in [0.4, 0.5) is 0 Å². The van der Waals surface area contributed by atoms with Gasteiger partial charge in [0.05, 0.1) is 5.92 Å². The van der Waals surface area contributed by atoms with Gasteiger partial charge in [0.2, 0.25) is 0 Å². The summed E-state index contributed by atoms with van der Waals surface area (Å²) >= 11 is 0. The monoisotopic (exact) mass is 306 g/mol. The molecule has 2 N–H and O–H groups in total. The molecule has 1 fully saturated rings. The molecular formula is C13H26N2O4S. The number of aliphatic carboxylic acids is 1. The number of nitrogens with one attached hydrogen (secondary N) is 1. The van der Waals surface area contributed by atoms with Crippen LogP contribution in [-0.4, -0.2) is 43.4 Å². The first-order valence-corrected chi connectivity index (χ1v) is 8.78. The first kappa shape index (κ1) is 17.4. The van der Waals surface area contributed by atoms with E-state index in [-0.39, 0.29) is 12.6 Å². The van der Waals surface area contributed by atoms with Gasteiger partial charge in [0.25, 0.3) is 10.2 Å². The molecule has 118 valence electrons. The lowest BCUT2D eigenvalue weighted by Crippen LogP contribution is -2.46. The van der Waals surface area contributed by atoms with E-state index >= 15 is 0 Å². The summed E-state index contributed by atoms with van der Waals surface area (Å²) in [5, 5.41) is 9.04. The van der Waals surface area contributed by atoms with Crippen molar-refractivity contribution in [2.24, 2.45) is 5.92 Å². The molecule has 0 amide bonds. The van der Waals surface area contributed by atoms with Crippen molar-refractivity contribution in [2.45, 2.75) is 57.9 Å². The second kappa shape index (κ2) is 7.95. The zero-order valence-electron chi connectivity index (χ0n) is 12.3. The molecule has 20 heavy (non-hydrogen) atoms. The fourth-order valence-corrected chi connectivity index (χ4v) is 3.83. The molecule has 1 unspecified atom stereocenters. The molecule has 0 aliphatic heterocycles. The van der Waals surface area contributed by atoms with E-state index < -0.39 is 22.1 Å². The Hall–Kier alpha value is -0.660. The second-order valence-corrected chi connectivity index (χ2v) is 7.30. The Morgan fingerprint density at radius 3 is 2.45 bits per heavy atom. The first-order valence-electron chi connectivity index (χ1n) is 7.34. The predicted molar refractivity (Wildman–Crippen MR) is 77.6 cm³/mol. The minimum Gasteiger partial charge on any atom is -0.481 e. The predicted octanol–water partition coefficient (Wildman–Crippen LogP) is 1.59. The van der Waals surface area contributed by atoms with Crippen molar-refractivity contribution in [2.75, 3.05) is 13.6 Å². The summed E-state index contributed by atoms with van der Waals surface area (Å²) in [6, 6.07) is 0.0377. The first-order chi connectivity index (χ1) is 9.38. The van der Waals surface area contributed by atoms with E-state index in [2.05, 4.69) is 4.72 Å². The van der Waals surface area contributed by atoms with Crippen LogP contribution in [0, 0.1) is 5.92 Å². The van der Waals surface area contributed by atoms with E-state index in [4.69, 9.17) is 5.11 Å². The molecule has 0 spiro atoms. The summed E-state index contributed by atoms with van der Waals surface area (Å²) < 4.78 is 28.2. The van der Waals surface area contributed by atoms with Crippen molar-refractivity contribution < 1.29 is 18.3 Å². The highest BCUT2D eigenvalue weighted by Gasteiger charge is 2.28. The quantitative estimate of drug-likeness (QED) is 0.713. The van der Waals surface area contributed by atoms with Gasteiger partial charge in [0, 0.05) is 19.6 Å². The van der Waals surface area contributed by atoms with Gasteiger partial charge in [0.15, 0.2) is 0 Å². The smallest absolute Gasteiger partial charge is 0.307 e. The van der Waals surface area contributed by atoms with Gasteiger partial charge < -0.3 is 5.11 Å². The summed E-state index contributed by atoms with van der Waals surface area (Å²) in [5.41, 5.74) is 0. The van der Waals surface area contributed by atoms with Crippen LogP contribution in [0.25, 0.3) is 0 Å². The van der Waals surface area contributed by atoms with E-state index in [0.29, 0.717) is 6.42 Å².